The Morgan fingerprint density at radius 2 is 1.90 bits per heavy atom. The van der Waals surface area contributed by atoms with E-state index in [-0.39, 0.29) is 19.1 Å². The number of benzene rings is 1. The number of fused-ring (bicyclic) bond motifs is 1. The molecule has 0 amide bonds. The van der Waals surface area contributed by atoms with Crippen LogP contribution >= 0.6 is 0 Å². The van der Waals surface area contributed by atoms with Crippen molar-refractivity contribution in [2.45, 2.75) is 52.6 Å². The van der Waals surface area contributed by atoms with E-state index in [4.69, 9.17) is 14.7 Å². The standard InChI is InChI=1S/C23H27N3O4/c1-13(2)30-23(28)20-15(4)26-14(3)19(22(27)29-12-6-10-24)21(20)17-7-5-8-18-16(17)9-11-25-18/h5,7-8,13,21,25-26H,6,9,11-12H2,1-4H3. The van der Waals surface area contributed by atoms with Crippen molar-refractivity contribution < 1.29 is 19.1 Å². The molecule has 0 radical (unpaired) electrons. The number of allylic oxidation sites excluding steroid dienone is 2. The van der Waals surface area contributed by atoms with Crippen molar-refractivity contribution in [2.75, 3.05) is 18.5 Å². The summed E-state index contributed by atoms with van der Waals surface area (Å²) in [5, 5.41) is 15.3. The number of nitriles is 1. The van der Waals surface area contributed by atoms with Gasteiger partial charge in [-0.3, -0.25) is 0 Å². The van der Waals surface area contributed by atoms with Crippen LogP contribution in [0.25, 0.3) is 0 Å². The van der Waals surface area contributed by atoms with Gasteiger partial charge in [-0.25, -0.2) is 9.59 Å². The Kier molecular flexibility index (Phi) is 6.46. The average molecular weight is 409 g/mol. The van der Waals surface area contributed by atoms with Crippen LogP contribution in [0, 0.1) is 11.3 Å². The molecule has 0 fully saturated rings. The van der Waals surface area contributed by atoms with Crippen LogP contribution in [0.4, 0.5) is 5.69 Å². The molecule has 0 saturated heterocycles. The Labute approximate surface area is 176 Å². The molecule has 2 aliphatic rings. The number of esters is 2. The Bertz CT molecular complexity index is 969. The number of ether oxygens (including phenoxy) is 2. The fourth-order valence-corrected chi connectivity index (χ4v) is 4.03. The number of hydrogen-bond donors (Lipinski definition) is 2. The van der Waals surface area contributed by atoms with E-state index in [1.54, 1.807) is 20.8 Å². The SMILES string of the molecule is CC1=C(C(=O)OCCC#N)C(c2cccc3c2CCN3)C(C(=O)OC(C)C)=C(C)N1. The van der Waals surface area contributed by atoms with E-state index < -0.39 is 17.9 Å². The maximum Gasteiger partial charge on any atom is 0.337 e. The first-order valence-electron chi connectivity index (χ1n) is 10.1. The normalized spacial score (nSPS) is 17.8. The van der Waals surface area contributed by atoms with Crippen LogP contribution in [0.1, 0.15) is 51.2 Å². The number of anilines is 1. The predicted octanol–water partition coefficient (Wildman–Crippen LogP) is 3.30. The minimum absolute atomic E-state index is 0.00174. The van der Waals surface area contributed by atoms with E-state index in [0.717, 1.165) is 29.8 Å². The van der Waals surface area contributed by atoms with Gasteiger partial charge in [0.05, 0.1) is 35.7 Å². The maximum atomic E-state index is 13.1. The summed E-state index contributed by atoms with van der Waals surface area (Å²) in [6.45, 7) is 8.00. The van der Waals surface area contributed by atoms with E-state index in [1.807, 2.05) is 31.2 Å². The third kappa shape index (κ3) is 4.18. The van der Waals surface area contributed by atoms with Gasteiger partial charge >= 0.3 is 11.9 Å². The van der Waals surface area contributed by atoms with Crippen molar-refractivity contribution in [1.29, 1.82) is 5.26 Å². The number of dihydropyridines is 1. The lowest BCUT2D eigenvalue weighted by Crippen LogP contribution is -2.33. The average Bonchev–Trinajstić information content (AvgIpc) is 3.15. The zero-order valence-electron chi connectivity index (χ0n) is 17.8. The van der Waals surface area contributed by atoms with Gasteiger partial charge in [0, 0.05) is 23.6 Å². The molecule has 2 heterocycles. The summed E-state index contributed by atoms with van der Waals surface area (Å²) in [5.74, 6) is -1.61. The molecule has 2 N–H and O–H groups in total. The summed E-state index contributed by atoms with van der Waals surface area (Å²) in [7, 11) is 0. The van der Waals surface area contributed by atoms with Crippen molar-refractivity contribution >= 4 is 17.6 Å². The molecule has 7 nitrogen and oxygen atoms in total. The first-order chi connectivity index (χ1) is 14.3. The second-order valence-electron chi connectivity index (χ2n) is 7.68. The Morgan fingerprint density at radius 1 is 1.20 bits per heavy atom. The lowest BCUT2D eigenvalue weighted by Gasteiger charge is -2.31. The summed E-state index contributed by atoms with van der Waals surface area (Å²) in [5.41, 5.74) is 5.04. The highest BCUT2D eigenvalue weighted by Crippen LogP contribution is 2.43. The number of nitrogens with zero attached hydrogens (tertiary/aromatic N) is 1. The Balaban J connectivity index is 2.13. The Morgan fingerprint density at radius 3 is 2.57 bits per heavy atom. The molecule has 158 valence electrons. The van der Waals surface area contributed by atoms with Crippen molar-refractivity contribution in [3.05, 3.63) is 51.9 Å². The van der Waals surface area contributed by atoms with E-state index in [1.165, 1.54) is 0 Å². The molecule has 2 aliphatic heterocycles. The van der Waals surface area contributed by atoms with E-state index in [2.05, 4.69) is 10.6 Å². The van der Waals surface area contributed by atoms with E-state index in [9.17, 15) is 9.59 Å². The van der Waals surface area contributed by atoms with Crippen LogP contribution in [0.3, 0.4) is 0 Å². The minimum Gasteiger partial charge on any atom is -0.461 e. The molecule has 0 aliphatic carbocycles. The van der Waals surface area contributed by atoms with Crippen LogP contribution in [-0.2, 0) is 25.5 Å². The van der Waals surface area contributed by atoms with E-state index in [0.29, 0.717) is 22.5 Å². The van der Waals surface area contributed by atoms with Gasteiger partial charge < -0.3 is 20.1 Å². The third-order valence-corrected chi connectivity index (χ3v) is 5.20. The summed E-state index contributed by atoms with van der Waals surface area (Å²) in [6, 6.07) is 7.84. The molecule has 7 heteroatoms. The van der Waals surface area contributed by atoms with Crippen LogP contribution in [0.15, 0.2) is 40.7 Å². The van der Waals surface area contributed by atoms with Crippen molar-refractivity contribution in [3.63, 3.8) is 0 Å². The van der Waals surface area contributed by atoms with Crippen LogP contribution < -0.4 is 10.6 Å². The van der Waals surface area contributed by atoms with Crippen LogP contribution in [-0.4, -0.2) is 31.2 Å². The first kappa shape index (κ1) is 21.4. The molecule has 1 aromatic rings. The van der Waals surface area contributed by atoms with Crippen LogP contribution in [0.2, 0.25) is 0 Å². The van der Waals surface area contributed by atoms with Gasteiger partial charge in [-0.05, 0) is 51.3 Å². The lowest BCUT2D eigenvalue weighted by atomic mass is 9.78. The molecular weight excluding hydrogens is 382 g/mol. The predicted molar refractivity (Wildman–Crippen MR) is 112 cm³/mol. The zero-order valence-corrected chi connectivity index (χ0v) is 17.8. The summed E-state index contributed by atoms with van der Waals surface area (Å²) < 4.78 is 10.9. The van der Waals surface area contributed by atoms with Crippen molar-refractivity contribution in [1.82, 2.24) is 5.32 Å². The molecule has 1 unspecified atom stereocenters. The fraction of sp³-hybridized carbons (Fsp3) is 0.435. The second-order valence-corrected chi connectivity index (χ2v) is 7.68. The lowest BCUT2D eigenvalue weighted by molar-refractivity contribution is -0.143. The monoisotopic (exact) mass is 409 g/mol. The smallest absolute Gasteiger partial charge is 0.337 e. The van der Waals surface area contributed by atoms with Gasteiger partial charge in [0.2, 0.25) is 0 Å². The van der Waals surface area contributed by atoms with Gasteiger partial charge in [-0.15, -0.1) is 0 Å². The molecular formula is C23H27N3O4. The number of rotatable bonds is 6. The number of hydrogen-bond acceptors (Lipinski definition) is 7. The molecule has 0 bridgehead atoms. The highest BCUT2D eigenvalue weighted by Gasteiger charge is 2.39. The summed E-state index contributed by atoms with van der Waals surface area (Å²) in [6.07, 6.45) is 0.619. The second kappa shape index (κ2) is 9.04. The van der Waals surface area contributed by atoms with Crippen molar-refractivity contribution in [2.24, 2.45) is 0 Å². The number of carbonyl (C=O) groups excluding carboxylic acids is 2. The molecule has 3 rings (SSSR count). The first-order valence-corrected chi connectivity index (χ1v) is 10.1. The topological polar surface area (TPSA) is 100 Å². The molecule has 0 spiro atoms. The molecule has 30 heavy (non-hydrogen) atoms. The highest BCUT2D eigenvalue weighted by atomic mass is 16.5. The molecule has 0 saturated carbocycles. The zero-order chi connectivity index (χ0) is 21.8. The summed E-state index contributed by atoms with van der Waals surface area (Å²) in [4.78, 5) is 26.1. The third-order valence-electron chi connectivity index (χ3n) is 5.20. The van der Waals surface area contributed by atoms with Gasteiger partial charge in [-0.2, -0.15) is 5.26 Å². The number of carbonyl (C=O) groups is 2. The quantitative estimate of drug-likeness (QED) is 0.549. The van der Waals surface area contributed by atoms with Gasteiger partial charge in [0.1, 0.15) is 6.61 Å². The van der Waals surface area contributed by atoms with Gasteiger partial charge in [-0.1, -0.05) is 12.1 Å². The highest BCUT2D eigenvalue weighted by molar-refractivity contribution is 6.00. The summed E-state index contributed by atoms with van der Waals surface area (Å²) >= 11 is 0. The molecule has 1 aromatic carbocycles. The minimum atomic E-state index is -0.609. The van der Waals surface area contributed by atoms with Gasteiger partial charge in [0.25, 0.3) is 0 Å². The molecule has 1 atom stereocenters. The number of nitrogens with one attached hydrogen (secondary N) is 2. The van der Waals surface area contributed by atoms with Crippen molar-refractivity contribution in [3.8, 4) is 6.07 Å². The fourth-order valence-electron chi connectivity index (χ4n) is 4.03. The maximum absolute atomic E-state index is 13.1. The van der Waals surface area contributed by atoms with Crippen LogP contribution in [0.5, 0.6) is 0 Å². The van der Waals surface area contributed by atoms with E-state index >= 15 is 0 Å². The largest absolute Gasteiger partial charge is 0.461 e. The Hall–Kier alpha value is -3.27. The molecule has 0 aromatic heterocycles. The van der Waals surface area contributed by atoms with Gasteiger partial charge in [0.15, 0.2) is 0 Å².